The van der Waals surface area contributed by atoms with Crippen LogP contribution in [0.4, 0.5) is 0 Å². The number of amides is 1. The van der Waals surface area contributed by atoms with Gasteiger partial charge in [-0.25, -0.2) is 0 Å². The lowest BCUT2D eigenvalue weighted by molar-refractivity contribution is 0.0950. The minimum Gasteiger partial charge on any atom is -0.452 e. The van der Waals surface area contributed by atoms with Crippen molar-refractivity contribution < 1.29 is 9.21 Å². The fraction of sp³-hybridized carbons (Fsp3) is 0.267. The first-order valence-corrected chi connectivity index (χ1v) is 6.68. The third-order valence-electron chi connectivity index (χ3n) is 2.91. The maximum absolute atomic E-state index is 12.0. The number of carbonyl (C=O) groups excluding carboxylic acids is 1. The third kappa shape index (κ3) is 3.62. The highest BCUT2D eigenvalue weighted by atomic mass is 35.5. The SMILES string of the molecule is CN(C)Cc1ccccc1CNC(=O)c1ccoc1Cl. The number of halogens is 1. The topological polar surface area (TPSA) is 45.5 Å². The van der Waals surface area contributed by atoms with Crippen LogP contribution in [0.15, 0.2) is 41.0 Å². The Morgan fingerprint density at radius 3 is 2.55 bits per heavy atom. The van der Waals surface area contributed by atoms with Crippen LogP contribution in [0, 0.1) is 0 Å². The lowest BCUT2D eigenvalue weighted by Gasteiger charge is -2.14. The summed E-state index contributed by atoms with van der Waals surface area (Å²) in [6.07, 6.45) is 1.40. The van der Waals surface area contributed by atoms with Gasteiger partial charge in [0.25, 0.3) is 5.91 Å². The highest BCUT2D eigenvalue weighted by molar-refractivity contribution is 6.32. The second-order valence-electron chi connectivity index (χ2n) is 4.80. The summed E-state index contributed by atoms with van der Waals surface area (Å²) in [5.41, 5.74) is 2.64. The number of nitrogens with zero attached hydrogens (tertiary/aromatic N) is 1. The standard InChI is InChI=1S/C15H17ClN2O2/c1-18(2)10-12-6-4-3-5-11(12)9-17-15(19)13-7-8-20-14(13)16/h3-8H,9-10H2,1-2H3,(H,17,19). The molecule has 0 aliphatic heterocycles. The van der Waals surface area contributed by atoms with E-state index in [0.29, 0.717) is 12.1 Å². The Bertz CT molecular complexity index is 593. The molecule has 0 saturated carbocycles. The van der Waals surface area contributed by atoms with E-state index in [4.69, 9.17) is 16.0 Å². The molecule has 0 fully saturated rings. The number of hydrogen-bond acceptors (Lipinski definition) is 3. The lowest BCUT2D eigenvalue weighted by Crippen LogP contribution is -2.24. The molecule has 106 valence electrons. The normalized spacial score (nSPS) is 10.8. The van der Waals surface area contributed by atoms with Crippen molar-refractivity contribution in [3.8, 4) is 0 Å². The van der Waals surface area contributed by atoms with E-state index >= 15 is 0 Å². The van der Waals surface area contributed by atoms with Gasteiger partial charge in [-0.1, -0.05) is 24.3 Å². The van der Waals surface area contributed by atoms with Crippen molar-refractivity contribution in [2.45, 2.75) is 13.1 Å². The van der Waals surface area contributed by atoms with Crippen LogP contribution in [-0.2, 0) is 13.1 Å². The van der Waals surface area contributed by atoms with Gasteiger partial charge in [0.15, 0.2) is 0 Å². The molecule has 4 nitrogen and oxygen atoms in total. The Labute approximate surface area is 123 Å². The summed E-state index contributed by atoms with van der Waals surface area (Å²) in [6, 6.07) is 9.59. The van der Waals surface area contributed by atoms with Crippen molar-refractivity contribution in [3.63, 3.8) is 0 Å². The smallest absolute Gasteiger partial charge is 0.256 e. The molecule has 1 aromatic carbocycles. The van der Waals surface area contributed by atoms with Crippen molar-refractivity contribution in [1.82, 2.24) is 10.2 Å². The summed E-state index contributed by atoms with van der Waals surface area (Å²) in [7, 11) is 4.03. The fourth-order valence-electron chi connectivity index (χ4n) is 1.95. The van der Waals surface area contributed by atoms with Gasteiger partial charge >= 0.3 is 0 Å². The molecular formula is C15H17ClN2O2. The Morgan fingerprint density at radius 2 is 1.95 bits per heavy atom. The molecule has 0 radical (unpaired) electrons. The van der Waals surface area contributed by atoms with Crippen molar-refractivity contribution in [2.75, 3.05) is 14.1 Å². The van der Waals surface area contributed by atoms with Gasteiger partial charge in [0.1, 0.15) is 0 Å². The molecule has 20 heavy (non-hydrogen) atoms. The highest BCUT2D eigenvalue weighted by Crippen LogP contribution is 2.17. The van der Waals surface area contributed by atoms with E-state index in [-0.39, 0.29) is 11.1 Å². The van der Waals surface area contributed by atoms with Gasteiger partial charge in [-0.15, -0.1) is 0 Å². The molecule has 0 saturated heterocycles. The summed E-state index contributed by atoms with van der Waals surface area (Å²) in [5, 5.41) is 2.97. The van der Waals surface area contributed by atoms with E-state index in [1.165, 1.54) is 11.8 Å². The maximum Gasteiger partial charge on any atom is 0.256 e. The van der Waals surface area contributed by atoms with Gasteiger partial charge < -0.3 is 14.6 Å². The van der Waals surface area contributed by atoms with Crippen LogP contribution in [0.2, 0.25) is 5.22 Å². The second kappa shape index (κ2) is 6.59. The zero-order valence-corrected chi connectivity index (χ0v) is 12.3. The molecule has 1 N–H and O–H groups in total. The van der Waals surface area contributed by atoms with Crippen molar-refractivity contribution >= 4 is 17.5 Å². The van der Waals surface area contributed by atoms with E-state index < -0.39 is 0 Å². The van der Waals surface area contributed by atoms with E-state index in [1.807, 2.05) is 32.3 Å². The number of rotatable bonds is 5. The third-order valence-corrected chi connectivity index (χ3v) is 3.20. The molecule has 5 heteroatoms. The van der Waals surface area contributed by atoms with Gasteiger partial charge in [-0.05, 0) is 42.9 Å². The Hall–Kier alpha value is -1.78. The zero-order valence-electron chi connectivity index (χ0n) is 11.5. The molecule has 1 heterocycles. The molecule has 0 unspecified atom stereocenters. The molecule has 1 aromatic heterocycles. The predicted octanol–water partition coefficient (Wildman–Crippen LogP) is 2.92. The highest BCUT2D eigenvalue weighted by Gasteiger charge is 2.13. The number of nitrogens with one attached hydrogen (secondary N) is 1. The van der Waals surface area contributed by atoms with Gasteiger partial charge in [-0.3, -0.25) is 4.79 Å². The number of benzene rings is 1. The average molecular weight is 293 g/mol. The van der Waals surface area contributed by atoms with Crippen molar-refractivity contribution in [1.29, 1.82) is 0 Å². The molecule has 0 aliphatic rings. The van der Waals surface area contributed by atoms with Crippen LogP contribution in [0.25, 0.3) is 0 Å². The lowest BCUT2D eigenvalue weighted by atomic mass is 10.1. The minimum absolute atomic E-state index is 0.115. The first kappa shape index (κ1) is 14.6. The van der Waals surface area contributed by atoms with E-state index in [0.717, 1.165) is 12.1 Å². The number of hydrogen-bond donors (Lipinski definition) is 1. The molecule has 2 aromatic rings. The number of carbonyl (C=O) groups is 1. The molecule has 0 atom stereocenters. The Balaban J connectivity index is 2.04. The van der Waals surface area contributed by atoms with Crippen LogP contribution in [0.5, 0.6) is 0 Å². The Morgan fingerprint density at radius 1 is 1.25 bits per heavy atom. The monoisotopic (exact) mass is 292 g/mol. The summed E-state index contributed by atoms with van der Waals surface area (Å²) in [5.74, 6) is -0.233. The predicted molar refractivity (Wildman–Crippen MR) is 78.7 cm³/mol. The van der Waals surface area contributed by atoms with Crippen LogP contribution in [0.1, 0.15) is 21.5 Å². The van der Waals surface area contributed by atoms with E-state index in [9.17, 15) is 4.79 Å². The zero-order chi connectivity index (χ0) is 14.5. The van der Waals surface area contributed by atoms with Crippen LogP contribution in [0.3, 0.4) is 0 Å². The minimum atomic E-state index is -0.233. The van der Waals surface area contributed by atoms with Crippen LogP contribution < -0.4 is 5.32 Å². The summed E-state index contributed by atoms with van der Waals surface area (Å²) in [4.78, 5) is 14.1. The molecule has 2 rings (SSSR count). The van der Waals surface area contributed by atoms with Crippen LogP contribution >= 0.6 is 11.6 Å². The van der Waals surface area contributed by atoms with E-state index in [1.54, 1.807) is 6.07 Å². The van der Waals surface area contributed by atoms with Gasteiger partial charge in [-0.2, -0.15) is 0 Å². The van der Waals surface area contributed by atoms with E-state index in [2.05, 4.69) is 16.3 Å². The first-order valence-electron chi connectivity index (χ1n) is 6.30. The molecule has 0 aliphatic carbocycles. The molecule has 0 bridgehead atoms. The van der Waals surface area contributed by atoms with Crippen molar-refractivity contribution in [3.05, 3.63) is 58.5 Å². The molecular weight excluding hydrogens is 276 g/mol. The quantitative estimate of drug-likeness (QED) is 0.921. The Kier molecular flexibility index (Phi) is 4.82. The van der Waals surface area contributed by atoms with Crippen molar-refractivity contribution in [2.24, 2.45) is 0 Å². The molecule has 0 spiro atoms. The fourth-order valence-corrected chi connectivity index (χ4v) is 2.15. The second-order valence-corrected chi connectivity index (χ2v) is 5.14. The maximum atomic E-state index is 12.0. The average Bonchev–Trinajstić information content (AvgIpc) is 2.83. The van der Waals surface area contributed by atoms with Gasteiger partial charge in [0.2, 0.25) is 5.22 Å². The summed E-state index contributed by atoms with van der Waals surface area (Å²) >= 11 is 5.78. The summed E-state index contributed by atoms with van der Waals surface area (Å²) < 4.78 is 4.91. The molecule has 1 amide bonds. The summed E-state index contributed by atoms with van der Waals surface area (Å²) in [6.45, 7) is 1.29. The first-order chi connectivity index (χ1) is 9.58. The van der Waals surface area contributed by atoms with Crippen LogP contribution in [-0.4, -0.2) is 24.9 Å². The van der Waals surface area contributed by atoms with Gasteiger partial charge in [0.05, 0.1) is 11.8 Å². The largest absolute Gasteiger partial charge is 0.452 e. The van der Waals surface area contributed by atoms with Gasteiger partial charge in [0, 0.05) is 13.1 Å². The number of furan rings is 1.